The van der Waals surface area contributed by atoms with Crippen molar-refractivity contribution in [2.75, 3.05) is 23.6 Å². The number of nitrogens with one attached hydrogen (secondary N) is 1. The summed E-state index contributed by atoms with van der Waals surface area (Å²) in [7, 11) is 0. The molecule has 2 atom stereocenters. The fourth-order valence-electron chi connectivity index (χ4n) is 2.94. The molecule has 0 spiro atoms. The Labute approximate surface area is 140 Å². The molecule has 124 valence electrons. The van der Waals surface area contributed by atoms with E-state index in [-0.39, 0.29) is 17.9 Å². The second-order valence-electron chi connectivity index (χ2n) is 6.06. The first-order valence-corrected chi connectivity index (χ1v) is 9.10. The number of carbonyl (C=O) groups excluding carboxylic acids is 2. The minimum atomic E-state index is -0.420. The van der Waals surface area contributed by atoms with Crippen molar-refractivity contribution in [2.45, 2.75) is 38.8 Å². The molecule has 2 fully saturated rings. The number of ether oxygens (including phenoxy) is 1. The predicted molar refractivity (Wildman–Crippen MR) is 91.5 cm³/mol. The molecule has 1 N–H and O–H groups in total. The molecule has 0 unspecified atom stereocenters. The van der Waals surface area contributed by atoms with E-state index in [0.717, 1.165) is 29.7 Å². The smallest absolute Gasteiger partial charge is 0.253 e. The summed E-state index contributed by atoms with van der Waals surface area (Å²) >= 11 is 1.61. The topological polar surface area (TPSA) is 58.6 Å². The summed E-state index contributed by atoms with van der Waals surface area (Å²) in [5.41, 5.74) is 3.01. The maximum Gasteiger partial charge on any atom is 0.253 e. The molecule has 5 nitrogen and oxygen atoms in total. The number of hydrogen-bond donors (Lipinski definition) is 1. The van der Waals surface area contributed by atoms with Gasteiger partial charge in [-0.3, -0.25) is 9.59 Å². The zero-order valence-corrected chi connectivity index (χ0v) is 14.3. The van der Waals surface area contributed by atoms with Crippen LogP contribution < -0.4 is 5.32 Å². The van der Waals surface area contributed by atoms with Crippen LogP contribution in [-0.2, 0) is 14.3 Å². The highest BCUT2D eigenvalue weighted by Crippen LogP contribution is 2.26. The molecule has 3 rings (SSSR count). The van der Waals surface area contributed by atoms with Crippen LogP contribution in [0.1, 0.15) is 24.0 Å². The quantitative estimate of drug-likeness (QED) is 0.922. The van der Waals surface area contributed by atoms with E-state index in [1.807, 2.05) is 32.0 Å². The highest BCUT2D eigenvalue weighted by Gasteiger charge is 2.39. The lowest BCUT2D eigenvalue weighted by Crippen LogP contribution is -2.48. The van der Waals surface area contributed by atoms with Gasteiger partial charge in [0.1, 0.15) is 12.1 Å². The monoisotopic (exact) mass is 334 g/mol. The van der Waals surface area contributed by atoms with Crippen LogP contribution in [-0.4, -0.2) is 47.1 Å². The van der Waals surface area contributed by atoms with E-state index < -0.39 is 6.04 Å². The fraction of sp³-hybridized carbons (Fsp3) is 0.529. The fourth-order valence-corrected chi connectivity index (χ4v) is 4.10. The van der Waals surface area contributed by atoms with Crippen LogP contribution in [0, 0.1) is 13.8 Å². The Morgan fingerprint density at radius 1 is 1.35 bits per heavy atom. The van der Waals surface area contributed by atoms with Gasteiger partial charge in [0.05, 0.1) is 5.88 Å². The van der Waals surface area contributed by atoms with Crippen LogP contribution in [0.25, 0.3) is 0 Å². The molecule has 2 amide bonds. The van der Waals surface area contributed by atoms with Gasteiger partial charge in [-0.15, -0.1) is 11.8 Å². The second-order valence-corrected chi connectivity index (χ2v) is 7.06. The van der Waals surface area contributed by atoms with Crippen LogP contribution in [0.5, 0.6) is 0 Å². The number of hydrogen-bond acceptors (Lipinski definition) is 4. The lowest BCUT2D eigenvalue weighted by molar-refractivity contribution is -0.144. The largest absolute Gasteiger partial charge is 0.368 e. The van der Waals surface area contributed by atoms with E-state index in [2.05, 4.69) is 5.32 Å². The number of thioether (sulfide) groups is 1. The molecule has 0 radical (unpaired) electrons. The van der Waals surface area contributed by atoms with E-state index in [1.54, 1.807) is 16.7 Å². The highest BCUT2D eigenvalue weighted by molar-refractivity contribution is 7.99. The zero-order valence-electron chi connectivity index (χ0n) is 13.5. The number of rotatable bonds is 3. The molecule has 1 aromatic carbocycles. The second kappa shape index (κ2) is 6.93. The Kier molecular flexibility index (Phi) is 4.92. The normalized spacial score (nSPS) is 24.0. The number of benzene rings is 1. The van der Waals surface area contributed by atoms with Crippen LogP contribution in [0.4, 0.5) is 5.69 Å². The molecule has 0 saturated carbocycles. The first-order chi connectivity index (χ1) is 11.1. The molecular formula is C17H22N2O3S. The van der Waals surface area contributed by atoms with Crippen LogP contribution >= 0.6 is 11.8 Å². The summed E-state index contributed by atoms with van der Waals surface area (Å²) in [5.74, 6) is 1.03. The molecule has 0 aromatic heterocycles. The van der Waals surface area contributed by atoms with Crippen LogP contribution in [0.3, 0.4) is 0 Å². The average Bonchev–Trinajstić information content (AvgIpc) is 3.21. The van der Waals surface area contributed by atoms with Crippen molar-refractivity contribution in [1.82, 2.24) is 4.90 Å². The summed E-state index contributed by atoms with van der Waals surface area (Å²) in [4.78, 5) is 26.9. The lowest BCUT2D eigenvalue weighted by atomic mass is 10.1. The summed E-state index contributed by atoms with van der Waals surface area (Å²) in [6.45, 7) is 4.64. The number of carbonyl (C=O) groups is 2. The first kappa shape index (κ1) is 16.3. The lowest BCUT2D eigenvalue weighted by Gasteiger charge is -2.25. The van der Waals surface area contributed by atoms with Gasteiger partial charge in [0.25, 0.3) is 5.91 Å². The third-order valence-corrected chi connectivity index (χ3v) is 5.55. The summed E-state index contributed by atoms with van der Waals surface area (Å²) in [5, 5.41) is 2.98. The van der Waals surface area contributed by atoms with Gasteiger partial charge in [0.15, 0.2) is 0 Å². The molecule has 2 aliphatic rings. The van der Waals surface area contributed by atoms with Crippen molar-refractivity contribution < 1.29 is 14.3 Å². The van der Waals surface area contributed by atoms with Gasteiger partial charge in [0, 0.05) is 18.0 Å². The Morgan fingerprint density at radius 2 is 2.17 bits per heavy atom. The van der Waals surface area contributed by atoms with Gasteiger partial charge in [-0.2, -0.15) is 0 Å². The minimum absolute atomic E-state index is 0.0476. The molecule has 0 bridgehead atoms. The number of aryl methyl sites for hydroxylation is 1. The summed E-state index contributed by atoms with van der Waals surface area (Å²) < 4.78 is 5.48. The van der Waals surface area contributed by atoms with E-state index in [9.17, 15) is 9.59 Å². The van der Waals surface area contributed by atoms with Crippen LogP contribution in [0.2, 0.25) is 0 Å². The Hall–Kier alpha value is -1.53. The first-order valence-electron chi connectivity index (χ1n) is 7.95. The molecule has 23 heavy (non-hydrogen) atoms. The van der Waals surface area contributed by atoms with Gasteiger partial charge in [0.2, 0.25) is 5.91 Å². The average molecular weight is 334 g/mol. The SMILES string of the molecule is Cc1cccc(NC(=O)[C@H]2CSCN2C(=O)[C@@H]2CCCO2)c1C. The highest BCUT2D eigenvalue weighted by atomic mass is 32.2. The molecule has 2 heterocycles. The van der Waals surface area contributed by atoms with Crippen molar-refractivity contribution in [2.24, 2.45) is 0 Å². The Balaban J connectivity index is 1.70. The van der Waals surface area contributed by atoms with E-state index in [4.69, 9.17) is 4.74 Å². The van der Waals surface area contributed by atoms with Gasteiger partial charge in [-0.25, -0.2) is 0 Å². The Bertz CT molecular complexity index is 614. The number of nitrogens with zero attached hydrogens (tertiary/aromatic N) is 1. The van der Waals surface area contributed by atoms with E-state index in [0.29, 0.717) is 18.2 Å². The predicted octanol–water partition coefficient (Wildman–Crippen LogP) is 2.32. The third kappa shape index (κ3) is 3.38. The number of anilines is 1. The van der Waals surface area contributed by atoms with E-state index >= 15 is 0 Å². The van der Waals surface area contributed by atoms with Crippen LogP contribution in [0.15, 0.2) is 18.2 Å². The molecule has 1 aromatic rings. The van der Waals surface area contributed by atoms with Crippen molar-refractivity contribution in [3.8, 4) is 0 Å². The molecule has 2 aliphatic heterocycles. The van der Waals surface area contributed by atoms with E-state index in [1.165, 1.54) is 0 Å². The van der Waals surface area contributed by atoms with Gasteiger partial charge < -0.3 is 15.0 Å². The maximum absolute atomic E-state index is 12.6. The Morgan fingerprint density at radius 3 is 2.91 bits per heavy atom. The molecule has 0 aliphatic carbocycles. The maximum atomic E-state index is 12.6. The molecule has 2 saturated heterocycles. The van der Waals surface area contributed by atoms with Gasteiger partial charge >= 0.3 is 0 Å². The number of amides is 2. The standard InChI is InChI=1S/C17H22N2O3S/c1-11-5-3-6-13(12(11)2)18-16(20)14-9-23-10-19(14)17(21)15-7-4-8-22-15/h3,5-6,14-15H,4,7-10H2,1-2H3,(H,18,20)/t14-,15+/m1/s1. The zero-order chi connectivity index (χ0) is 16.4. The summed E-state index contributed by atoms with van der Waals surface area (Å²) in [6, 6.07) is 5.42. The summed E-state index contributed by atoms with van der Waals surface area (Å²) in [6.07, 6.45) is 1.30. The van der Waals surface area contributed by atoms with Crippen molar-refractivity contribution in [3.63, 3.8) is 0 Å². The minimum Gasteiger partial charge on any atom is -0.368 e. The van der Waals surface area contributed by atoms with Gasteiger partial charge in [-0.1, -0.05) is 12.1 Å². The van der Waals surface area contributed by atoms with Crippen molar-refractivity contribution >= 4 is 29.3 Å². The van der Waals surface area contributed by atoms with Crippen molar-refractivity contribution in [1.29, 1.82) is 0 Å². The molecular weight excluding hydrogens is 312 g/mol. The van der Waals surface area contributed by atoms with Crippen molar-refractivity contribution in [3.05, 3.63) is 29.3 Å². The molecule has 6 heteroatoms. The van der Waals surface area contributed by atoms with Gasteiger partial charge in [-0.05, 0) is 43.9 Å². The third-order valence-electron chi connectivity index (χ3n) is 4.54.